The number of likely N-dealkylation sites (tertiary alicyclic amines) is 1. The quantitative estimate of drug-likeness (QED) is 0.781. The van der Waals surface area contributed by atoms with Crippen LogP contribution < -0.4 is 5.32 Å². The first-order valence-electron chi connectivity index (χ1n) is 7.71. The summed E-state index contributed by atoms with van der Waals surface area (Å²) in [7, 11) is 1.72. The first-order valence-corrected chi connectivity index (χ1v) is 9.11. The molecule has 1 unspecified atom stereocenters. The number of hydrogen-bond acceptors (Lipinski definition) is 5. The monoisotopic (exact) mass is 323 g/mol. The van der Waals surface area contributed by atoms with Crippen molar-refractivity contribution in [1.29, 1.82) is 0 Å². The summed E-state index contributed by atoms with van der Waals surface area (Å²) in [6.45, 7) is 3.21. The molecule has 1 aromatic heterocycles. The van der Waals surface area contributed by atoms with Gasteiger partial charge in [0.25, 0.3) is 5.91 Å². The fraction of sp³-hybridized carbons (Fsp3) is 0.625. The zero-order valence-corrected chi connectivity index (χ0v) is 14.2. The van der Waals surface area contributed by atoms with Crippen LogP contribution >= 0.6 is 11.8 Å². The first kappa shape index (κ1) is 17.1. The Labute approximate surface area is 136 Å². The van der Waals surface area contributed by atoms with Gasteiger partial charge < -0.3 is 15.0 Å². The molecule has 0 bridgehead atoms. The third kappa shape index (κ3) is 4.88. The number of ether oxygens (including phenoxy) is 1. The molecular formula is C16H25N3O2S. The third-order valence-electron chi connectivity index (χ3n) is 3.83. The Balaban J connectivity index is 1.91. The summed E-state index contributed by atoms with van der Waals surface area (Å²) in [5, 5.41) is 3.24. The van der Waals surface area contributed by atoms with Crippen molar-refractivity contribution >= 4 is 23.5 Å². The van der Waals surface area contributed by atoms with Crippen LogP contribution in [-0.2, 0) is 4.74 Å². The summed E-state index contributed by atoms with van der Waals surface area (Å²) in [6, 6.07) is 3.74. The van der Waals surface area contributed by atoms with Crippen molar-refractivity contribution in [2.24, 2.45) is 5.92 Å². The lowest BCUT2D eigenvalue weighted by Crippen LogP contribution is -2.41. The van der Waals surface area contributed by atoms with E-state index in [1.165, 1.54) is 0 Å². The van der Waals surface area contributed by atoms with E-state index in [0.29, 0.717) is 11.5 Å². The van der Waals surface area contributed by atoms with E-state index in [0.717, 1.165) is 50.7 Å². The number of aromatic nitrogens is 1. The van der Waals surface area contributed by atoms with Gasteiger partial charge >= 0.3 is 0 Å². The molecule has 1 atom stereocenters. The van der Waals surface area contributed by atoms with Crippen molar-refractivity contribution in [3.63, 3.8) is 0 Å². The average molecular weight is 323 g/mol. The SMILES string of the molecule is COCC1CCCN(C(=O)c2ccc(NCCSC)nc2)C1. The van der Waals surface area contributed by atoms with Gasteiger partial charge in [-0.3, -0.25) is 4.79 Å². The van der Waals surface area contributed by atoms with Crippen LogP contribution in [-0.4, -0.2) is 61.2 Å². The van der Waals surface area contributed by atoms with Crippen molar-refractivity contribution in [1.82, 2.24) is 9.88 Å². The number of methoxy groups -OCH3 is 1. The maximum Gasteiger partial charge on any atom is 0.255 e. The molecule has 5 nitrogen and oxygen atoms in total. The average Bonchev–Trinajstić information content (AvgIpc) is 2.56. The van der Waals surface area contributed by atoms with Gasteiger partial charge in [-0.15, -0.1) is 0 Å². The van der Waals surface area contributed by atoms with E-state index in [1.54, 1.807) is 25.1 Å². The van der Waals surface area contributed by atoms with E-state index >= 15 is 0 Å². The Hall–Kier alpha value is -1.27. The fourth-order valence-electron chi connectivity index (χ4n) is 2.71. The minimum Gasteiger partial charge on any atom is -0.384 e. The molecule has 1 fully saturated rings. The van der Waals surface area contributed by atoms with Gasteiger partial charge in [-0.2, -0.15) is 11.8 Å². The summed E-state index contributed by atoms with van der Waals surface area (Å²) >= 11 is 1.79. The van der Waals surface area contributed by atoms with Crippen LogP contribution in [0.15, 0.2) is 18.3 Å². The van der Waals surface area contributed by atoms with Crippen LogP contribution in [0.25, 0.3) is 0 Å². The highest BCUT2D eigenvalue weighted by Crippen LogP contribution is 2.19. The molecule has 0 saturated carbocycles. The number of pyridine rings is 1. The number of hydrogen-bond donors (Lipinski definition) is 1. The molecule has 1 saturated heterocycles. The number of thioether (sulfide) groups is 1. The number of rotatable bonds is 7. The lowest BCUT2D eigenvalue weighted by atomic mass is 9.98. The number of piperidine rings is 1. The fourth-order valence-corrected chi connectivity index (χ4v) is 3.02. The maximum absolute atomic E-state index is 12.5. The highest BCUT2D eigenvalue weighted by Gasteiger charge is 2.24. The zero-order valence-electron chi connectivity index (χ0n) is 13.4. The summed E-state index contributed by atoms with van der Waals surface area (Å²) < 4.78 is 5.22. The van der Waals surface area contributed by atoms with Gasteiger partial charge in [-0.25, -0.2) is 4.98 Å². The second-order valence-electron chi connectivity index (χ2n) is 5.57. The number of carbonyl (C=O) groups excluding carboxylic acids is 1. The molecule has 1 amide bonds. The van der Waals surface area contributed by atoms with Gasteiger partial charge in [0.1, 0.15) is 5.82 Å². The lowest BCUT2D eigenvalue weighted by Gasteiger charge is -2.32. The van der Waals surface area contributed by atoms with E-state index in [2.05, 4.69) is 16.6 Å². The topological polar surface area (TPSA) is 54.5 Å². The second kappa shape index (κ2) is 9.00. The molecule has 2 rings (SSSR count). The summed E-state index contributed by atoms with van der Waals surface area (Å²) in [5.74, 6) is 2.38. The van der Waals surface area contributed by atoms with E-state index < -0.39 is 0 Å². The zero-order chi connectivity index (χ0) is 15.8. The molecular weight excluding hydrogens is 298 g/mol. The number of nitrogens with zero attached hydrogens (tertiary/aromatic N) is 2. The van der Waals surface area contributed by atoms with Crippen LogP contribution in [0.1, 0.15) is 23.2 Å². The standard InChI is InChI=1S/C16H25N3O2S/c1-21-12-13-4-3-8-19(11-13)16(20)14-5-6-15(18-10-14)17-7-9-22-2/h5-6,10,13H,3-4,7-9,11-12H2,1-2H3,(H,17,18). The van der Waals surface area contributed by atoms with Crippen molar-refractivity contribution in [2.45, 2.75) is 12.8 Å². The molecule has 1 N–H and O–H groups in total. The minimum absolute atomic E-state index is 0.0731. The summed E-state index contributed by atoms with van der Waals surface area (Å²) in [6.07, 6.45) is 5.92. The predicted molar refractivity (Wildman–Crippen MR) is 91.6 cm³/mol. The molecule has 6 heteroatoms. The Morgan fingerprint density at radius 1 is 1.55 bits per heavy atom. The second-order valence-corrected chi connectivity index (χ2v) is 6.55. The van der Waals surface area contributed by atoms with E-state index in [4.69, 9.17) is 4.74 Å². The molecule has 0 spiro atoms. The molecule has 1 aromatic rings. The van der Waals surface area contributed by atoms with Crippen molar-refractivity contribution in [3.8, 4) is 0 Å². The highest BCUT2D eigenvalue weighted by atomic mass is 32.2. The molecule has 0 radical (unpaired) electrons. The van der Waals surface area contributed by atoms with Crippen molar-refractivity contribution in [2.75, 3.05) is 50.7 Å². The van der Waals surface area contributed by atoms with Gasteiger partial charge in [-0.1, -0.05) is 0 Å². The van der Waals surface area contributed by atoms with Gasteiger partial charge in [0.05, 0.1) is 12.2 Å². The number of anilines is 1. The molecule has 0 aliphatic carbocycles. The number of carbonyl (C=O) groups is 1. The van der Waals surface area contributed by atoms with E-state index in [9.17, 15) is 4.79 Å². The number of amides is 1. The van der Waals surface area contributed by atoms with Gasteiger partial charge in [0, 0.05) is 38.7 Å². The van der Waals surface area contributed by atoms with Crippen LogP contribution in [0.3, 0.4) is 0 Å². The van der Waals surface area contributed by atoms with Gasteiger partial charge in [-0.05, 0) is 37.1 Å². The highest BCUT2D eigenvalue weighted by molar-refractivity contribution is 7.98. The molecule has 22 heavy (non-hydrogen) atoms. The Morgan fingerprint density at radius 3 is 3.09 bits per heavy atom. The minimum atomic E-state index is 0.0731. The number of nitrogens with one attached hydrogen (secondary N) is 1. The third-order valence-corrected chi connectivity index (χ3v) is 4.44. The smallest absolute Gasteiger partial charge is 0.255 e. The lowest BCUT2D eigenvalue weighted by molar-refractivity contribution is 0.0570. The molecule has 2 heterocycles. The van der Waals surface area contributed by atoms with Crippen LogP contribution in [0.5, 0.6) is 0 Å². The van der Waals surface area contributed by atoms with E-state index in [-0.39, 0.29) is 5.91 Å². The maximum atomic E-state index is 12.5. The largest absolute Gasteiger partial charge is 0.384 e. The van der Waals surface area contributed by atoms with Gasteiger partial charge in [0.2, 0.25) is 0 Å². The first-order chi connectivity index (χ1) is 10.7. The molecule has 1 aliphatic rings. The summed E-state index contributed by atoms with van der Waals surface area (Å²) in [5.41, 5.74) is 0.661. The van der Waals surface area contributed by atoms with E-state index in [1.807, 2.05) is 17.0 Å². The van der Waals surface area contributed by atoms with Crippen LogP contribution in [0, 0.1) is 5.92 Å². The normalized spacial score (nSPS) is 18.3. The van der Waals surface area contributed by atoms with Crippen LogP contribution in [0.4, 0.5) is 5.82 Å². The molecule has 0 aromatic carbocycles. The Bertz CT molecular complexity index is 465. The Kier molecular flexibility index (Phi) is 6.99. The predicted octanol–water partition coefficient (Wildman–Crippen LogP) is 2.36. The van der Waals surface area contributed by atoms with Crippen LogP contribution in [0.2, 0.25) is 0 Å². The Morgan fingerprint density at radius 2 is 2.41 bits per heavy atom. The van der Waals surface area contributed by atoms with Crippen molar-refractivity contribution < 1.29 is 9.53 Å². The van der Waals surface area contributed by atoms with Crippen molar-refractivity contribution in [3.05, 3.63) is 23.9 Å². The molecule has 122 valence electrons. The summed E-state index contributed by atoms with van der Waals surface area (Å²) in [4.78, 5) is 18.8. The molecule has 1 aliphatic heterocycles. The van der Waals surface area contributed by atoms with Gasteiger partial charge in [0.15, 0.2) is 0 Å².